The van der Waals surface area contributed by atoms with E-state index in [1.807, 2.05) is 5.01 Å². The zero-order chi connectivity index (χ0) is 27.4. The number of fused-ring (bicyclic) bond motifs is 3. The quantitative estimate of drug-likeness (QED) is 0.196. The molecule has 1 aliphatic heterocycles. The molecule has 0 spiro atoms. The van der Waals surface area contributed by atoms with Gasteiger partial charge >= 0.3 is 0 Å². The van der Waals surface area contributed by atoms with Gasteiger partial charge in [0.2, 0.25) is 17.6 Å². The molecule has 204 valence electrons. The van der Waals surface area contributed by atoms with E-state index in [0.717, 1.165) is 32.4 Å². The summed E-state index contributed by atoms with van der Waals surface area (Å²) in [4.78, 5) is 51.7. The lowest BCUT2D eigenvalue weighted by atomic mass is 9.52. The SMILES string of the molecule is NC(=O)C12Cc3ccc(NC(=O)CNN4CCCCC4)c(O)c3C(O)=C1C(=O)C1(O)C(=O)CC(O)CC1C2. The standard InChI is InChI=1S/C26H32N4O8/c27-24(37)25-10-13-4-5-16(29-18(33)12-28-30-6-2-1-3-7-30)21(34)19(13)22(35)20(25)23(36)26(38)14(11-25)8-15(31)9-17(26)32/h4-5,14-15,28,31,34-35,38H,1-3,6-12H2,(H2,27,37)(H,29,33). The fourth-order valence-electron chi connectivity index (χ4n) is 6.48. The molecule has 0 radical (unpaired) electrons. The van der Waals surface area contributed by atoms with Crippen LogP contribution < -0.4 is 16.5 Å². The first-order valence-electron chi connectivity index (χ1n) is 12.8. The molecule has 4 unspecified atom stereocenters. The predicted octanol–water partition coefficient (Wildman–Crippen LogP) is -0.338. The molecule has 5 rings (SSSR count). The number of ketones is 2. The minimum atomic E-state index is -2.53. The molecule has 2 amide bonds. The molecule has 0 aromatic heterocycles. The highest BCUT2D eigenvalue weighted by molar-refractivity contribution is 6.24. The van der Waals surface area contributed by atoms with Crippen LogP contribution in [0.2, 0.25) is 0 Å². The molecule has 38 heavy (non-hydrogen) atoms. The second kappa shape index (κ2) is 9.45. The van der Waals surface area contributed by atoms with Gasteiger partial charge in [0.25, 0.3) is 0 Å². The maximum atomic E-state index is 13.6. The number of phenols is 1. The van der Waals surface area contributed by atoms with Crippen LogP contribution >= 0.6 is 0 Å². The Morgan fingerprint density at radius 1 is 1.13 bits per heavy atom. The Bertz CT molecular complexity index is 1260. The lowest BCUT2D eigenvalue weighted by Gasteiger charge is -2.51. The maximum Gasteiger partial charge on any atom is 0.239 e. The summed E-state index contributed by atoms with van der Waals surface area (Å²) in [5.74, 6) is -5.82. The third kappa shape index (κ3) is 3.99. The maximum absolute atomic E-state index is 13.6. The van der Waals surface area contributed by atoms with E-state index in [-0.39, 0.29) is 37.1 Å². The van der Waals surface area contributed by atoms with Crippen LogP contribution in [-0.4, -0.2) is 80.2 Å². The minimum Gasteiger partial charge on any atom is -0.507 e. The van der Waals surface area contributed by atoms with Crippen molar-refractivity contribution in [3.05, 3.63) is 28.8 Å². The molecule has 8 N–H and O–H groups in total. The van der Waals surface area contributed by atoms with Gasteiger partial charge in [0, 0.05) is 25.4 Å². The Kier molecular flexibility index (Phi) is 6.54. The first-order valence-corrected chi connectivity index (χ1v) is 12.8. The molecular formula is C26H32N4O8. The molecule has 1 aromatic rings. The number of aliphatic hydroxyl groups excluding tert-OH is 2. The summed E-state index contributed by atoms with van der Waals surface area (Å²) in [7, 11) is 0. The number of carbonyl (C=O) groups is 4. The molecule has 12 heteroatoms. The number of rotatable bonds is 5. The second-order valence-electron chi connectivity index (χ2n) is 10.8. The Morgan fingerprint density at radius 3 is 2.53 bits per heavy atom. The van der Waals surface area contributed by atoms with Crippen LogP contribution in [0.5, 0.6) is 5.75 Å². The summed E-state index contributed by atoms with van der Waals surface area (Å²) >= 11 is 0. The topological polar surface area (TPSA) is 203 Å². The number of benzene rings is 1. The number of aliphatic hydroxyl groups is 3. The van der Waals surface area contributed by atoms with Crippen molar-refractivity contribution in [2.24, 2.45) is 17.1 Å². The van der Waals surface area contributed by atoms with Crippen LogP contribution in [0.1, 0.15) is 49.7 Å². The number of piperidine rings is 1. The van der Waals surface area contributed by atoms with Gasteiger partial charge in [-0.3, -0.25) is 19.2 Å². The van der Waals surface area contributed by atoms with Crippen LogP contribution in [-0.2, 0) is 25.6 Å². The third-order valence-electron chi connectivity index (χ3n) is 8.44. The van der Waals surface area contributed by atoms with Crippen molar-refractivity contribution in [1.29, 1.82) is 0 Å². The number of nitrogens with two attached hydrogens (primary N) is 1. The third-order valence-corrected chi connectivity index (χ3v) is 8.44. The lowest BCUT2D eigenvalue weighted by Crippen LogP contribution is -2.66. The van der Waals surface area contributed by atoms with Crippen molar-refractivity contribution in [1.82, 2.24) is 10.4 Å². The number of aromatic hydroxyl groups is 1. The molecule has 1 saturated heterocycles. The van der Waals surface area contributed by atoms with Gasteiger partial charge in [-0.1, -0.05) is 12.5 Å². The first-order chi connectivity index (χ1) is 18.0. The van der Waals surface area contributed by atoms with Gasteiger partial charge in [-0.05, 0) is 43.7 Å². The number of hydrogen-bond acceptors (Lipinski definition) is 10. The molecule has 2 saturated carbocycles. The molecule has 3 aliphatic carbocycles. The van der Waals surface area contributed by atoms with E-state index in [9.17, 15) is 39.6 Å². The van der Waals surface area contributed by atoms with Gasteiger partial charge < -0.3 is 31.5 Å². The number of anilines is 1. The highest BCUT2D eigenvalue weighted by atomic mass is 16.3. The second-order valence-corrected chi connectivity index (χ2v) is 10.8. The number of primary amides is 1. The van der Waals surface area contributed by atoms with Crippen LogP contribution in [0.15, 0.2) is 17.7 Å². The first kappa shape index (κ1) is 26.3. The number of nitrogens with zero attached hydrogens (tertiary/aromatic N) is 1. The van der Waals surface area contributed by atoms with Crippen molar-refractivity contribution < 1.29 is 39.6 Å². The van der Waals surface area contributed by atoms with Crippen LogP contribution in [0.4, 0.5) is 5.69 Å². The average Bonchev–Trinajstić information content (AvgIpc) is 2.87. The zero-order valence-electron chi connectivity index (χ0n) is 20.8. The van der Waals surface area contributed by atoms with E-state index >= 15 is 0 Å². The van der Waals surface area contributed by atoms with Gasteiger partial charge in [0.15, 0.2) is 11.4 Å². The van der Waals surface area contributed by atoms with E-state index in [1.54, 1.807) is 0 Å². The Hall–Kier alpha value is -3.32. The minimum absolute atomic E-state index is 0.0235. The molecule has 1 heterocycles. The summed E-state index contributed by atoms with van der Waals surface area (Å²) < 4.78 is 0. The Morgan fingerprint density at radius 2 is 1.84 bits per heavy atom. The lowest BCUT2D eigenvalue weighted by molar-refractivity contribution is -0.171. The summed E-state index contributed by atoms with van der Waals surface area (Å²) in [5, 5.41) is 48.2. The smallest absolute Gasteiger partial charge is 0.239 e. The highest BCUT2D eigenvalue weighted by Gasteiger charge is 2.66. The summed E-state index contributed by atoms with van der Waals surface area (Å²) in [6, 6.07) is 2.93. The number of amides is 2. The van der Waals surface area contributed by atoms with Crippen molar-refractivity contribution in [2.45, 2.75) is 56.7 Å². The molecule has 1 aromatic carbocycles. The summed E-state index contributed by atoms with van der Waals surface area (Å²) in [6.07, 6.45) is 1.15. The van der Waals surface area contributed by atoms with E-state index < -0.39 is 69.9 Å². The molecule has 12 nitrogen and oxygen atoms in total. The monoisotopic (exact) mass is 528 g/mol. The number of phenolic OH excluding ortho intramolecular Hbond substituents is 1. The van der Waals surface area contributed by atoms with Gasteiger partial charge in [0.05, 0.1) is 34.9 Å². The largest absolute Gasteiger partial charge is 0.507 e. The van der Waals surface area contributed by atoms with Crippen LogP contribution in [0, 0.1) is 11.3 Å². The molecule has 0 bridgehead atoms. The van der Waals surface area contributed by atoms with Crippen LogP contribution in [0.3, 0.4) is 0 Å². The fourth-order valence-corrected chi connectivity index (χ4v) is 6.48. The molecule has 4 atom stereocenters. The highest BCUT2D eigenvalue weighted by Crippen LogP contribution is 2.57. The number of nitrogens with one attached hydrogen (secondary N) is 2. The number of hydrogen-bond donors (Lipinski definition) is 7. The van der Waals surface area contributed by atoms with E-state index in [0.29, 0.717) is 5.56 Å². The number of carbonyl (C=O) groups excluding carboxylic acids is 4. The van der Waals surface area contributed by atoms with Crippen LogP contribution in [0.25, 0.3) is 5.76 Å². The fraction of sp³-hybridized carbons (Fsp3) is 0.538. The molecule has 3 fully saturated rings. The van der Waals surface area contributed by atoms with Crippen molar-refractivity contribution in [2.75, 3.05) is 25.0 Å². The van der Waals surface area contributed by atoms with E-state index in [2.05, 4.69) is 10.7 Å². The average molecular weight is 529 g/mol. The normalized spacial score (nSPS) is 31.3. The number of hydrazine groups is 1. The number of Topliss-reactive ketones (excluding diaryl/α,β-unsaturated/α-hetero) is 2. The van der Waals surface area contributed by atoms with Crippen molar-refractivity contribution in [3.8, 4) is 5.75 Å². The Balaban J connectivity index is 1.49. The van der Waals surface area contributed by atoms with Gasteiger partial charge in [-0.25, -0.2) is 10.4 Å². The van der Waals surface area contributed by atoms with E-state index in [4.69, 9.17) is 5.73 Å². The predicted molar refractivity (Wildman–Crippen MR) is 133 cm³/mol. The van der Waals surface area contributed by atoms with Gasteiger partial charge in [-0.15, -0.1) is 0 Å². The molecular weight excluding hydrogens is 496 g/mol. The van der Waals surface area contributed by atoms with Crippen molar-refractivity contribution >= 4 is 34.8 Å². The zero-order valence-corrected chi connectivity index (χ0v) is 20.8. The Labute approximate surface area is 218 Å². The van der Waals surface area contributed by atoms with Gasteiger partial charge in [0.1, 0.15) is 11.5 Å². The molecule has 4 aliphatic rings. The summed E-state index contributed by atoms with van der Waals surface area (Å²) in [6.45, 7) is 1.60. The van der Waals surface area contributed by atoms with Crippen molar-refractivity contribution in [3.63, 3.8) is 0 Å². The van der Waals surface area contributed by atoms with E-state index in [1.165, 1.54) is 12.1 Å². The van der Waals surface area contributed by atoms with Gasteiger partial charge in [-0.2, -0.15) is 0 Å². The summed E-state index contributed by atoms with van der Waals surface area (Å²) in [5.41, 5.74) is 4.08.